The number of fused-ring (bicyclic) bond motifs is 2. The lowest BCUT2D eigenvalue weighted by atomic mass is 9.95. The Labute approximate surface area is 184 Å². The summed E-state index contributed by atoms with van der Waals surface area (Å²) in [5.74, 6) is 0.265. The average molecular weight is 433 g/mol. The van der Waals surface area contributed by atoms with Crippen LogP contribution in [0.2, 0.25) is 0 Å². The third-order valence-electron chi connectivity index (χ3n) is 6.15. The molecular formula is C24H24N4O2S. The Morgan fingerprint density at radius 1 is 1.19 bits per heavy atom. The van der Waals surface area contributed by atoms with E-state index >= 15 is 0 Å². The minimum absolute atomic E-state index is 0.0224. The number of carbonyl (C=O) groups excluding carboxylic acids is 2. The number of likely N-dealkylation sites (tertiary alicyclic amines) is 1. The van der Waals surface area contributed by atoms with Gasteiger partial charge in [0.15, 0.2) is 0 Å². The van der Waals surface area contributed by atoms with E-state index in [1.165, 1.54) is 11.3 Å². The molecule has 31 heavy (non-hydrogen) atoms. The molecular weight excluding hydrogens is 408 g/mol. The summed E-state index contributed by atoms with van der Waals surface area (Å²) >= 11 is 1.47. The summed E-state index contributed by atoms with van der Waals surface area (Å²) in [5.41, 5.74) is 3.24. The number of hydrogen-bond donors (Lipinski definition) is 1. The Balaban J connectivity index is 1.45. The van der Waals surface area contributed by atoms with Gasteiger partial charge in [-0.15, -0.1) is 11.3 Å². The molecule has 4 aromatic rings. The van der Waals surface area contributed by atoms with Crippen molar-refractivity contribution in [2.24, 2.45) is 0 Å². The van der Waals surface area contributed by atoms with Crippen molar-refractivity contribution < 1.29 is 9.59 Å². The molecule has 1 aromatic carbocycles. The number of aromatic nitrogens is 2. The number of carbonyl (C=O) groups is 2. The number of rotatable bonds is 4. The predicted molar refractivity (Wildman–Crippen MR) is 124 cm³/mol. The zero-order valence-electron chi connectivity index (χ0n) is 17.6. The van der Waals surface area contributed by atoms with Crippen LogP contribution < -0.4 is 5.32 Å². The van der Waals surface area contributed by atoms with Gasteiger partial charge in [-0.25, -0.2) is 4.98 Å². The Morgan fingerprint density at radius 2 is 2.00 bits per heavy atom. The first-order valence-corrected chi connectivity index (χ1v) is 11.3. The van der Waals surface area contributed by atoms with E-state index in [-0.39, 0.29) is 17.7 Å². The van der Waals surface area contributed by atoms with Crippen LogP contribution in [-0.2, 0) is 6.54 Å². The van der Waals surface area contributed by atoms with E-state index in [1.807, 2.05) is 30.5 Å². The van der Waals surface area contributed by atoms with Crippen molar-refractivity contribution in [3.05, 3.63) is 64.8 Å². The molecule has 1 amide bonds. The SMILES string of the molecule is CNC(=O)c1sc2ncccc2c1C1CCN(Cc2cn(C(C)=O)c3ccccc23)C1. The quantitative estimate of drug-likeness (QED) is 0.523. The van der Waals surface area contributed by atoms with Gasteiger partial charge >= 0.3 is 0 Å². The fraction of sp³-hybridized carbons (Fsp3) is 0.292. The van der Waals surface area contributed by atoms with E-state index in [0.717, 1.165) is 63.2 Å². The molecule has 1 unspecified atom stereocenters. The van der Waals surface area contributed by atoms with Crippen molar-refractivity contribution in [1.29, 1.82) is 0 Å². The highest BCUT2D eigenvalue weighted by molar-refractivity contribution is 7.20. The van der Waals surface area contributed by atoms with Gasteiger partial charge in [-0.2, -0.15) is 0 Å². The van der Waals surface area contributed by atoms with Crippen molar-refractivity contribution >= 4 is 44.3 Å². The number of nitrogens with one attached hydrogen (secondary N) is 1. The second-order valence-electron chi connectivity index (χ2n) is 8.06. The summed E-state index contributed by atoms with van der Waals surface area (Å²) in [5, 5.41) is 5.00. The molecule has 1 saturated heterocycles. The molecule has 1 aliphatic heterocycles. The molecule has 1 atom stereocenters. The first-order chi connectivity index (χ1) is 15.1. The Hall–Kier alpha value is -3.03. The zero-order valence-corrected chi connectivity index (χ0v) is 18.4. The molecule has 7 heteroatoms. The van der Waals surface area contributed by atoms with Crippen LogP contribution in [0.5, 0.6) is 0 Å². The molecule has 0 radical (unpaired) electrons. The summed E-state index contributed by atoms with van der Waals surface area (Å²) in [6.45, 7) is 4.21. The van der Waals surface area contributed by atoms with Gasteiger partial charge in [0.05, 0.1) is 10.4 Å². The van der Waals surface area contributed by atoms with Crippen LogP contribution in [0.4, 0.5) is 0 Å². The molecule has 0 aliphatic carbocycles. The standard InChI is InChI=1S/C24H24N4O2S/c1-15(29)28-14-17(18-6-3-4-8-20(18)28)13-27-11-9-16(12-27)21-19-7-5-10-26-24(19)31-22(21)23(30)25-2/h3-8,10,14,16H,9,11-13H2,1-2H3,(H,25,30). The lowest BCUT2D eigenvalue weighted by Gasteiger charge is -2.16. The maximum atomic E-state index is 12.6. The zero-order chi connectivity index (χ0) is 21.5. The molecule has 158 valence electrons. The fourth-order valence-electron chi connectivity index (χ4n) is 4.73. The van der Waals surface area contributed by atoms with Crippen LogP contribution in [0.25, 0.3) is 21.1 Å². The number of benzene rings is 1. The number of nitrogens with zero attached hydrogens (tertiary/aromatic N) is 3. The molecule has 5 rings (SSSR count). The van der Waals surface area contributed by atoms with E-state index in [2.05, 4.69) is 27.3 Å². The maximum absolute atomic E-state index is 12.6. The minimum Gasteiger partial charge on any atom is -0.354 e. The van der Waals surface area contributed by atoms with E-state index < -0.39 is 0 Å². The van der Waals surface area contributed by atoms with Crippen molar-refractivity contribution in [2.45, 2.75) is 25.8 Å². The highest BCUT2D eigenvalue weighted by Gasteiger charge is 2.31. The van der Waals surface area contributed by atoms with Crippen molar-refractivity contribution in [1.82, 2.24) is 19.8 Å². The van der Waals surface area contributed by atoms with E-state index in [4.69, 9.17) is 0 Å². The van der Waals surface area contributed by atoms with E-state index in [9.17, 15) is 9.59 Å². The Bertz CT molecular complexity index is 1310. The van der Waals surface area contributed by atoms with Crippen LogP contribution in [0.3, 0.4) is 0 Å². The molecule has 3 aromatic heterocycles. The highest BCUT2D eigenvalue weighted by atomic mass is 32.1. The molecule has 0 bridgehead atoms. The summed E-state index contributed by atoms with van der Waals surface area (Å²) in [6.07, 6.45) is 4.75. The molecule has 4 heterocycles. The van der Waals surface area contributed by atoms with Crippen LogP contribution >= 0.6 is 11.3 Å². The molecule has 1 fully saturated rings. The summed E-state index contributed by atoms with van der Waals surface area (Å²) in [6, 6.07) is 12.1. The first-order valence-electron chi connectivity index (χ1n) is 10.5. The third kappa shape index (κ3) is 3.43. The smallest absolute Gasteiger partial charge is 0.261 e. The normalized spacial score (nSPS) is 16.9. The summed E-state index contributed by atoms with van der Waals surface area (Å²) in [7, 11) is 1.68. The van der Waals surface area contributed by atoms with Gasteiger partial charge in [0.25, 0.3) is 5.91 Å². The van der Waals surface area contributed by atoms with Crippen molar-refractivity contribution in [3.8, 4) is 0 Å². The number of para-hydroxylation sites is 1. The number of hydrogen-bond acceptors (Lipinski definition) is 5. The lowest BCUT2D eigenvalue weighted by Crippen LogP contribution is -2.21. The maximum Gasteiger partial charge on any atom is 0.261 e. The molecule has 0 spiro atoms. The monoisotopic (exact) mass is 432 g/mol. The van der Waals surface area contributed by atoms with Gasteiger partial charge in [0.1, 0.15) is 4.83 Å². The van der Waals surface area contributed by atoms with E-state index in [0.29, 0.717) is 0 Å². The second kappa shape index (κ2) is 7.90. The Morgan fingerprint density at radius 3 is 2.81 bits per heavy atom. The molecule has 0 saturated carbocycles. The summed E-state index contributed by atoms with van der Waals surface area (Å²) < 4.78 is 1.74. The second-order valence-corrected chi connectivity index (χ2v) is 9.06. The van der Waals surface area contributed by atoms with Crippen LogP contribution in [0, 0.1) is 0 Å². The van der Waals surface area contributed by atoms with Gasteiger partial charge in [-0.3, -0.25) is 19.1 Å². The Kier molecular flexibility index (Phi) is 5.08. The van der Waals surface area contributed by atoms with Gasteiger partial charge in [-0.05, 0) is 36.2 Å². The highest BCUT2D eigenvalue weighted by Crippen LogP contribution is 2.40. The molecule has 1 aliphatic rings. The third-order valence-corrected chi connectivity index (χ3v) is 7.27. The molecule has 1 N–H and O–H groups in total. The topological polar surface area (TPSA) is 67.2 Å². The van der Waals surface area contributed by atoms with Gasteiger partial charge in [0, 0.05) is 56.1 Å². The summed E-state index contributed by atoms with van der Waals surface area (Å²) in [4.78, 5) is 33.2. The van der Waals surface area contributed by atoms with Crippen LogP contribution in [-0.4, -0.2) is 46.4 Å². The first kappa shape index (κ1) is 19.9. The average Bonchev–Trinajstić information content (AvgIpc) is 3.49. The van der Waals surface area contributed by atoms with Crippen LogP contribution in [0.15, 0.2) is 48.8 Å². The van der Waals surface area contributed by atoms with Gasteiger partial charge in [-0.1, -0.05) is 24.3 Å². The van der Waals surface area contributed by atoms with Crippen LogP contribution in [0.1, 0.15) is 44.9 Å². The fourth-order valence-corrected chi connectivity index (χ4v) is 5.90. The lowest BCUT2D eigenvalue weighted by molar-refractivity contribution is 0.0939. The van der Waals surface area contributed by atoms with Crippen molar-refractivity contribution in [2.75, 3.05) is 20.1 Å². The number of thiophene rings is 1. The van der Waals surface area contributed by atoms with Gasteiger partial charge in [0.2, 0.25) is 5.91 Å². The van der Waals surface area contributed by atoms with Crippen molar-refractivity contribution in [3.63, 3.8) is 0 Å². The van der Waals surface area contributed by atoms with Gasteiger partial charge < -0.3 is 5.32 Å². The number of amides is 1. The predicted octanol–water partition coefficient (Wildman–Crippen LogP) is 4.26. The van der Waals surface area contributed by atoms with E-state index in [1.54, 1.807) is 24.7 Å². The number of pyridine rings is 1. The largest absolute Gasteiger partial charge is 0.354 e. The minimum atomic E-state index is -0.0408. The molecule has 6 nitrogen and oxygen atoms in total.